The van der Waals surface area contributed by atoms with Gasteiger partial charge in [0, 0.05) is 18.7 Å². The lowest BCUT2D eigenvalue weighted by Crippen LogP contribution is -2.16. The van der Waals surface area contributed by atoms with Crippen LogP contribution in [0.15, 0.2) is 6.07 Å². The summed E-state index contributed by atoms with van der Waals surface area (Å²) in [5.74, 6) is 1.22. The lowest BCUT2D eigenvalue weighted by Gasteiger charge is -2.19. The molecule has 0 bridgehead atoms. The highest BCUT2D eigenvalue weighted by Crippen LogP contribution is 2.40. The molecule has 1 heterocycles. The van der Waals surface area contributed by atoms with E-state index in [1.54, 1.807) is 7.11 Å². The molecule has 0 aromatic carbocycles. The van der Waals surface area contributed by atoms with E-state index in [1.165, 1.54) is 37.1 Å². The van der Waals surface area contributed by atoms with Crippen molar-refractivity contribution < 1.29 is 4.74 Å². The summed E-state index contributed by atoms with van der Waals surface area (Å²) in [4.78, 5) is 0. The Morgan fingerprint density at radius 3 is 2.67 bits per heavy atom. The third kappa shape index (κ3) is 2.94. The summed E-state index contributed by atoms with van der Waals surface area (Å²) in [6, 6.07) is 2.29. The van der Waals surface area contributed by atoms with Gasteiger partial charge in [-0.05, 0) is 37.7 Å². The predicted molar refractivity (Wildman–Crippen MR) is 73.9 cm³/mol. The summed E-state index contributed by atoms with van der Waals surface area (Å²) in [6.45, 7) is 6.68. The number of rotatable bonds is 7. The Bertz CT molecular complexity index is 380. The monoisotopic (exact) mass is 250 g/mol. The topological polar surface area (TPSA) is 27.1 Å². The second-order valence-corrected chi connectivity index (χ2v) is 5.70. The Kier molecular flexibility index (Phi) is 4.44. The molecular formula is C15H26N2O. The summed E-state index contributed by atoms with van der Waals surface area (Å²) in [5, 5.41) is 4.81. The fraction of sp³-hybridized carbons (Fsp3) is 0.800. The van der Waals surface area contributed by atoms with Gasteiger partial charge >= 0.3 is 0 Å². The van der Waals surface area contributed by atoms with Gasteiger partial charge in [-0.1, -0.05) is 27.2 Å². The number of ether oxygens (including phenoxy) is 1. The van der Waals surface area contributed by atoms with E-state index in [1.807, 2.05) is 0 Å². The third-order valence-electron chi connectivity index (χ3n) is 3.72. The molecule has 1 atom stereocenters. The minimum atomic E-state index is 0.106. The number of hydrogen-bond acceptors (Lipinski definition) is 2. The van der Waals surface area contributed by atoms with Gasteiger partial charge in [0.05, 0.1) is 5.69 Å². The summed E-state index contributed by atoms with van der Waals surface area (Å²) in [5.41, 5.74) is 2.59. The van der Waals surface area contributed by atoms with Crippen molar-refractivity contribution in [1.29, 1.82) is 0 Å². The molecule has 0 amide bonds. The van der Waals surface area contributed by atoms with E-state index in [4.69, 9.17) is 9.84 Å². The number of hydrogen-bond donors (Lipinski definition) is 0. The van der Waals surface area contributed by atoms with Gasteiger partial charge in [-0.3, -0.25) is 0 Å². The van der Waals surface area contributed by atoms with Crippen molar-refractivity contribution >= 4 is 0 Å². The molecule has 3 nitrogen and oxygen atoms in total. The molecule has 1 aromatic heterocycles. The van der Waals surface area contributed by atoms with Crippen molar-refractivity contribution in [2.24, 2.45) is 0 Å². The maximum Gasteiger partial charge on any atom is 0.150 e. The fourth-order valence-electron chi connectivity index (χ4n) is 2.39. The predicted octanol–water partition coefficient (Wildman–Crippen LogP) is 4.22. The van der Waals surface area contributed by atoms with Gasteiger partial charge in [0.1, 0.15) is 6.23 Å². The maximum absolute atomic E-state index is 5.64. The molecule has 2 rings (SSSR count). The van der Waals surface area contributed by atoms with Crippen LogP contribution in [0.25, 0.3) is 0 Å². The van der Waals surface area contributed by atoms with Crippen LogP contribution in [-0.4, -0.2) is 16.9 Å². The Labute approximate surface area is 111 Å². The molecule has 1 fully saturated rings. The van der Waals surface area contributed by atoms with Crippen LogP contribution >= 0.6 is 0 Å². The average Bonchev–Trinajstić information content (AvgIpc) is 3.10. The lowest BCUT2D eigenvalue weighted by molar-refractivity contribution is 0.0221. The van der Waals surface area contributed by atoms with Crippen LogP contribution in [0.5, 0.6) is 0 Å². The van der Waals surface area contributed by atoms with Crippen LogP contribution < -0.4 is 0 Å². The second kappa shape index (κ2) is 5.87. The van der Waals surface area contributed by atoms with Gasteiger partial charge in [-0.15, -0.1) is 0 Å². The van der Waals surface area contributed by atoms with E-state index in [0.717, 1.165) is 6.42 Å². The van der Waals surface area contributed by atoms with E-state index in [-0.39, 0.29) is 6.23 Å². The van der Waals surface area contributed by atoms with E-state index < -0.39 is 0 Å². The molecule has 1 aliphatic rings. The second-order valence-electron chi connectivity index (χ2n) is 5.70. The highest BCUT2D eigenvalue weighted by atomic mass is 16.5. The van der Waals surface area contributed by atoms with Gasteiger partial charge in [-0.25, -0.2) is 4.68 Å². The van der Waals surface area contributed by atoms with E-state index in [0.29, 0.717) is 11.8 Å². The molecule has 1 aromatic rings. The first-order valence-corrected chi connectivity index (χ1v) is 7.29. The Morgan fingerprint density at radius 2 is 2.17 bits per heavy atom. The molecule has 1 saturated carbocycles. The standard InChI is InChI=1S/C15H26N2O/c1-5-6-7-15(18-4)17-14(11(2)3)10-13(16-17)12-8-9-12/h10-12,15H,5-9H2,1-4H3. The average molecular weight is 250 g/mol. The van der Waals surface area contributed by atoms with Gasteiger partial charge in [-0.2, -0.15) is 5.10 Å². The summed E-state index contributed by atoms with van der Waals surface area (Å²) in [7, 11) is 1.79. The van der Waals surface area contributed by atoms with Crippen LogP contribution in [0.3, 0.4) is 0 Å². The highest BCUT2D eigenvalue weighted by Gasteiger charge is 2.29. The molecule has 1 aliphatic carbocycles. The van der Waals surface area contributed by atoms with E-state index >= 15 is 0 Å². The summed E-state index contributed by atoms with van der Waals surface area (Å²) in [6.07, 6.45) is 6.16. The molecule has 18 heavy (non-hydrogen) atoms. The summed E-state index contributed by atoms with van der Waals surface area (Å²) >= 11 is 0. The SMILES string of the molecule is CCCCC(OC)n1nc(C2CC2)cc1C(C)C. The maximum atomic E-state index is 5.64. The molecule has 0 aliphatic heterocycles. The van der Waals surface area contributed by atoms with Crippen molar-refractivity contribution in [2.45, 2.75) is 70.9 Å². The van der Waals surface area contributed by atoms with Gasteiger partial charge in [0.25, 0.3) is 0 Å². The summed E-state index contributed by atoms with van der Waals surface area (Å²) < 4.78 is 7.78. The van der Waals surface area contributed by atoms with Crippen LogP contribution in [0.2, 0.25) is 0 Å². The third-order valence-corrected chi connectivity index (χ3v) is 3.72. The number of unbranched alkanes of at least 4 members (excludes halogenated alkanes) is 1. The molecule has 0 spiro atoms. The number of methoxy groups -OCH3 is 1. The van der Waals surface area contributed by atoms with E-state index in [9.17, 15) is 0 Å². The first kappa shape index (κ1) is 13.6. The molecule has 0 N–H and O–H groups in total. The minimum absolute atomic E-state index is 0.106. The number of nitrogens with zero attached hydrogens (tertiary/aromatic N) is 2. The quantitative estimate of drug-likeness (QED) is 0.724. The van der Waals surface area contributed by atoms with Crippen molar-refractivity contribution in [1.82, 2.24) is 9.78 Å². The molecule has 3 heteroatoms. The Morgan fingerprint density at radius 1 is 1.44 bits per heavy atom. The zero-order valence-electron chi connectivity index (χ0n) is 12.1. The smallest absolute Gasteiger partial charge is 0.150 e. The molecular weight excluding hydrogens is 224 g/mol. The first-order chi connectivity index (χ1) is 8.67. The molecule has 1 unspecified atom stereocenters. The highest BCUT2D eigenvalue weighted by molar-refractivity contribution is 5.21. The van der Waals surface area contributed by atoms with Crippen LogP contribution in [0.1, 0.15) is 82.3 Å². The van der Waals surface area contributed by atoms with Crippen LogP contribution in [0.4, 0.5) is 0 Å². The molecule has 0 radical (unpaired) electrons. The zero-order chi connectivity index (χ0) is 13.1. The van der Waals surface area contributed by atoms with Crippen LogP contribution in [-0.2, 0) is 4.74 Å². The van der Waals surface area contributed by atoms with Gasteiger partial charge in [0.2, 0.25) is 0 Å². The Balaban J connectivity index is 2.21. The first-order valence-electron chi connectivity index (χ1n) is 7.29. The van der Waals surface area contributed by atoms with Gasteiger partial charge < -0.3 is 4.74 Å². The number of aromatic nitrogens is 2. The van der Waals surface area contributed by atoms with Crippen molar-refractivity contribution in [3.05, 3.63) is 17.5 Å². The molecule has 102 valence electrons. The lowest BCUT2D eigenvalue weighted by atomic mass is 10.1. The van der Waals surface area contributed by atoms with Gasteiger partial charge in [0.15, 0.2) is 0 Å². The molecule has 0 saturated heterocycles. The Hall–Kier alpha value is -0.830. The van der Waals surface area contributed by atoms with Crippen molar-refractivity contribution in [2.75, 3.05) is 7.11 Å². The van der Waals surface area contributed by atoms with Crippen molar-refractivity contribution in [3.63, 3.8) is 0 Å². The van der Waals surface area contributed by atoms with E-state index in [2.05, 4.69) is 31.5 Å². The van der Waals surface area contributed by atoms with Crippen molar-refractivity contribution in [3.8, 4) is 0 Å². The van der Waals surface area contributed by atoms with Crippen LogP contribution in [0, 0.1) is 0 Å². The zero-order valence-corrected chi connectivity index (χ0v) is 12.1. The fourth-order valence-corrected chi connectivity index (χ4v) is 2.39. The normalized spacial score (nSPS) is 17.4. The minimum Gasteiger partial charge on any atom is -0.360 e. The largest absolute Gasteiger partial charge is 0.360 e.